The maximum atomic E-state index is 13.3. The van der Waals surface area contributed by atoms with Gasteiger partial charge in [0.1, 0.15) is 11.3 Å². The predicted octanol–water partition coefficient (Wildman–Crippen LogP) is 1.18. The molecular weight excluding hydrogens is 385 g/mol. The van der Waals surface area contributed by atoms with Crippen molar-refractivity contribution in [3.05, 3.63) is 58.4 Å². The number of thiocarbonyl (C=S) groups is 1. The Labute approximate surface area is 162 Å². The van der Waals surface area contributed by atoms with E-state index in [1.807, 2.05) is 0 Å². The number of nitrogens with two attached hydrogens (primary N) is 1. The fourth-order valence-corrected chi connectivity index (χ4v) is 3.05. The van der Waals surface area contributed by atoms with E-state index in [0.717, 1.165) is 4.68 Å². The van der Waals surface area contributed by atoms with E-state index in [2.05, 4.69) is 20.7 Å². The minimum absolute atomic E-state index is 0.0597. The van der Waals surface area contributed by atoms with Crippen LogP contribution in [-0.2, 0) is 11.3 Å². The molecule has 0 unspecified atom stereocenters. The molecule has 3 N–H and O–H groups in total. The van der Waals surface area contributed by atoms with E-state index in [1.54, 1.807) is 25.3 Å². The molecule has 1 aromatic carbocycles. The average molecular weight is 399 g/mol. The van der Waals surface area contributed by atoms with E-state index in [4.69, 9.17) is 22.7 Å². The van der Waals surface area contributed by atoms with Gasteiger partial charge in [0.2, 0.25) is 0 Å². The molecule has 0 amide bonds. The van der Waals surface area contributed by atoms with Gasteiger partial charge < -0.3 is 10.5 Å². The van der Waals surface area contributed by atoms with Gasteiger partial charge in [-0.3, -0.25) is 10.2 Å². The topological polar surface area (TPSA) is 112 Å². The summed E-state index contributed by atoms with van der Waals surface area (Å²) in [5.74, 6) is -0.351. The Balaban J connectivity index is 2.00. The highest BCUT2D eigenvalue weighted by molar-refractivity contribution is 7.80. The van der Waals surface area contributed by atoms with Crippen molar-refractivity contribution in [2.75, 3.05) is 12.5 Å². The lowest BCUT2D eigenvalue weighted by Gasteiger charge is -2.08. The lowest BCUT2D eigenvalue weighted by molar-refractivity contribution is 0.181. The fourth-order valence-electron chi connectivity index (χ4n) is 2.95. The zero-order valence-electron chi connectivity index (χ0n) is 14.6. The van der Waals surface area contributed by atoms with Crippen molar-refractivity contribution in [3.8, 4) is 11.1 Å². The largest absolute Gasteiger partial charge is 0.378 e. The molecule has 0 aliphatic heterocycles. The highest BCUT2D eigenvalue weighted by atomic mass is 32.1. The lowest BCUT2D eigenvalue weighted by atomic mass is 10.1. The zero-order chi connectivity index (χ0) is 19.8. The van der Waals surface area contributed by atoms with Crippen LogP contribution in [0, 0.1) is 5.82 Å². The van der Waals surface area contributed by atoms with Crippen molar-refractivity contribution in [1.29, 1.82) is 0 Å². The van der Waals surface area contributed by atoms with Crippen LogP contribution in [0.25, 0.3) is 27.8 Å². The van der Waals surface area contributed by atoms with Crippen molar-refractivity contribution in [2.45, 2.75) is 6.61 Å². The van der Waals surface area contributed by atoms with Crippen molar-refractivity contribution in [2.24, 2.45) is 5.73 Å². The standard InChI is InChI=1S/C17H14FN7O2S/c1-27-8-11-13(9-2-4-10(18)5-3-9)15-21-20-14-12(25(15)22-11)6-7-24(16(14)26)23-17(19)28/h2-7H,8H2,1H3,(H3,19,23,28). The van der Waals surface area contributed by atoms with E-state index in [9.17, 15) is 9.18 Å². The van der Waals surface area contributed by atoms with E-state index < -0.39 is 5.56 Å². The van der Waals surface area contributed by atoms with Gasteiger partial charge in [-0.2, -0.15) is 5.10 Å². The molecule has 4 aromatic rings. The summed E-state index contributed by atoms with van der Waals surface area (Å²) in [6.07, 6.45) is 1.47. The number of nitrogens with one attached hydrogen (secondary N) is 1. The summed E-state index contributed by atoms with van der Waals surface area (Å²) in [6.45, 7) is 0.206. The summed E-state index contributed by atoms with van der Waals surface area (Å²) in [5.41, 5.74) is 10.4. The summed E-state index contributed by atoms with van der Waals surface area (Å²) in [4.78, 5) is 12.6. The average Bonchev–Trinajstić information content (AvgIpc) is 3.03. The van der Waals surface area contributed by atoms with Crippen molar-refractivity contribution < 1.29 is 9.13 Å². The highest BCUT2D eigenvalue weighted by Gasteiger charge is 2.19. The third-order valence-corrected chi connectivity index (χ3v) is 4.19. The molecule has 0 fully saturated rings. The van der Waals surface area contributed by atoms with Crippen LogP contribution in [0.15, 0.2) is 41.3 Å². The lowest BCUT2D eigenvalue weighted by Crippen LogP contribution is -2.36. The van der Waals surface area contributed by atoms with Crippen LogP contribution in [0.5, 0.6) is 0 Å². The van der Waals surface area contributed by atoms with Crippen LogP contribution < -0.4 is 16.7 Å². The van der Waals surface area contributed by atoms with Gasteiger partial charge in [-0.25, -0.2) is 13.6 Å². The number of aromatic nitrogens is 5. The highest BCUT2D eigenvalue weighted by Crippen LogP contribution is 2.29. The first-order chi connectivity index (χ1) is 13.5. The number of methoxy groups -OCH3 is 1. The predicted molar refractivity (Wildman–Crippen MR) is 105 cm³/mol. The summed E-state index contributed by atoms with van der Waals surface area (Å²) >= 11 is 4.76. The molecule has 4 rings (SSSR count). The number of rotatable bonds is 4. The Morgan fingerprint density at radius 1 is 1.29 bits per heavy atom. The van der Waals surface area contributed by atoms with E-state index >= 15 is 0 Å². The van der Waals surface area contributed by atoms with E-state index in [0.29, 0.717) is 28.0 Å². The van der Waals surface area contributed by atoms with Crippen LogP contribution in [0.2, 0.25) is 0 Å². The van der Waals surface area contributed by atoms with Gasteiger partial charge in [0.05, 0.1) is 17.9 Å². The van der Waals surface area contributed by atoms with Crippen LogP contribution in [-0.4, -0.2) is 36.7 Å². The first kappa shape index (κ1) is 17.9. The Bertz CT molecular complexity index is 1270. The molecule has 3 heterocycles. The number of nitrogens with zero attached hydrogens (tertiary/aromatic N) is 5. The third-order valence-electron chi connectivity index (χ3n) is 4.10. The smallest absolute Gasteiger partial charge is 0.299 e. The van der Waals surface area contributed by atoms with Gasteiger partial charge in [0, 0.05) is 13.3 Å². The number of benzene rings is 1. The summed E-state index contributed by atoms with van der Waals surface area (Å²) in [5, 5.41) is 12.7. The molecule has 0 spiro atoms. The quantitative estimate of drug-likeness (QED) is 0.492. The monoisotopic (exact) mass is 399 g/mol. The number of pyridine rings is 1. The number of fused-ring (bicyclic) bond motifs is 3. The minimum atomic E-state index is -0.480. The second-order valence-electron chi connectivity index (χ2n) is 5.90. The Morgan fingerprint density at radius 2 is 2.04 bits per heavy atom. The Kier molecular flexibility index (Phi) is 4.45. The second kappa shape index (κ2) is 6.94. The minimum Gasteiger partial charge on any atom is -0.378 e. The number of hydrogen-bond donors (Lipinski definition) is 2. The Morgan fingerprint density at radius 3 is 2.71 bits per heavy atom. The van der Waals surface area contributed by atoms with Gasteiger partial charge in [0.25, 0.3) is 5.56 Å². The van der Waals surface area contributed by atoms with Gasteiger partial charge in [-0.05, 0) is 36.0 Å². The van der Waals surface area contributed by atoms with Gasteiger partial charge in [-0.15, -0.1) is 10.2 Å². The van der Waals surface area contributed by atoms with Crippen LogP contribution in [0.3, 0.4) is 0 Å². The van der Waals surface area contributed by atoms with E-state index in [-0.39, 0.29) is 23.1 Å². The SMILES string of the molecule is COCc1nn2c(nnc3c(=O)n(NC(N)=S)ccc32)c1-c1ccc(F)cc1. The molecule has 0 radical (unpaired) electrons. The van der Waals surface area contributed by atoms with Crippen molar-refractivity contribution in [1.82, 2.24) is 24.5 Å². The molecule has 0 saturated carbocycles. The molecule has 0 aliphatic carbocycles. The summed E-state index contributed by atoms with van der Waals surface area (Å²) in [6, 6.07) is 7.60. The third kappa shape index (κ3) is 2.96. The molecule has 9 nitrogen and oxygen atoms in total. The maximum Gasteiger partial charge on any atom is 0.299 e. The van der Waals surface area contributed by atoms with Gasteiger partial charge in [-0.1, -0.05) is 12.1 Å². The molecule has 0 saturated heterocycles. The summed E-state index contributed by atoms with van der Waals surface area (Å²) in [7, 11) is 1.54. The molecule has 3 aromatic heterocycles. The zero-order valence-corrected chi connectivity index (χ0v) is 15.4. The number of ether oxygens (including phenoxy) is 1. The molecule has 0 aliphatic rings. The molecule has 142 valence electrons. The maximum absolute atomic E-state index is 13.3. The number of hydrogen-bond acceptors (Lipinski definition) is 6. The molecule has 28 heavy (non-hydrogen) atoms. The van der Waals surface area contributed by atoms with E-state index in [1.165, 1.54) is 22.8 Å². The first-order valence-corrected chi connectivity index (χ1v) is 8.51. The van der Waals surface area contributed by atoms with Gasteiger partial charge in [0.15, 0.2) is 16.3 Å². The Hall–Kier alpha value is -3.44. The van der Waals surface area contributed by atoms with Crippen LogP contribution >= 0.6 is 12.2 Å². The van der Waals surface area contributed by atoms with Crippen LogP contribution in [0.1, 0.15) is 5.69 Å². The molecule has 11 heteroatoms. The van der Waals surface area contributed by atoms with Crippen molar-refractivity contribution in [3.63, 3.8) is 0 Å². The fraction of sp³-hybridized carbons (Fsp3) is 0.118. The summed E-state index contributed by atoms with van der Waals surface area (Å²) < 4.78 is 21.2. The normalized spacial score (nSPS) is 11.2. The second-order valence-corrected chi connectivity index (χ2v) is 6.34. The molecule has 0 atom stereocenters. The first-order valence-electron chi connectivity index (χ1n) is 8.10. The van der Waals surface area contributed by atoms with Crippen LogP contribution in [0.4, 0.5) is 4.39 Å². The van der Waals surface area contributed by atoms with Gasteiger partial charge >= 0.3 is 0 Å². The van der Waals surface area contributed by atoms with Crippen molar-refractivity contribution >= 4 is 34.0 Å². The number of halogens is 1. The molecular formula is C17H14FN7O2S. The molecule has 0 bridgehead atoms.